The lowest BCUT2D eigenvalue weighted by Gasteiger charge is -1.99. The van der Waals surface area contributed by atoms with Crippen molar-refractivity contribution in [1.82, 2.24) is 15.4 Å². The third kappa shape index (κ3) is 3.35. The van der Waals surface area contributed by atoms with Gasteiger partial charge in [0.1, 0.15) is 0 Å². The van der Waals surface area contributed by atoms with Crippen LogP contribution in [0.5, 0.6) is 0 Å². The number of carbonyl (C=O) groups is 1. The second-order valence-corrected chi connectivity index (χ2v) is 4.81. The van der Waals surface area contributed by atoms with Gasteiger partial charge in [-0.2, -0.15) is 5.10 Å². The monoisotopic (exact) mass is 294 g/mol. The lowest BCUT2D eigenvalue weighted by molar-refractivity contribution is -0.670. The number of H-pyrrole nitrogens is 1. The Kier molecular flexibility index (Phi) is 4.20. The van der Waals surface area contributed by atoms with Crippen LogP contribution < -0.4 is 9.99 Å². The van der Waals surface area contributed by atoms with Gasteiger partial charge in [-0.25, -0.2) is 15.0 Å². The van der Waals surface area contributed by atoms with Crippen LogP contribution in [0.3, 0.4) is 0 Å². The summed E-state index contributed by atoms with van der Waals surface area (Å²) in [5.41, 5.74) is 5.55. The Hall–Kier alpha value is -3.02. The van der Waals surface area contributed by atoms with Gasteiger partial charge in [-0.15, -0.1) is 0 Å². The smallest absolute Gasteiger partial charge is 0.244 e. The number of benzene rings is 1. The fraction of sp³-hybridized carbons (Fsp3) is 0.125. The fourth-order valence-electron chi connectivity index (χ4n) is 2.15. The molecule has 0 saturated carbocycles. The molecule has 2 aromatic heterocycles. The van der Waals surface area contributed by atoms with Gasteiger partial charge in [0.2, 0.25) is 12.2 Å². The molecule has 110 valence electrons. The van der Waals surface area contributed by atoms with Crippen LogP contribution in [-0.4, -0.2) is 22.1 Å². The molecule has 0 atom stereocenters. The van der Waals surface area contributed by atoms with E-state index in [1.165, 1.54) is 0 Å². The van der Waals surface area contributed by atoms with Crippen LogP contribution in [0.1, 0.15) is 12.0 Å². The summed E-state index contributed by atoms with van der Waals surface area (Å²) < 4.78 is 2.02. The van der Waals surface area contributed by atoms with Crippen LogP contribution in [0.15, 0.2) is 60.2 Å². The van der Waals surface area contributed by atoms with Crippen molar-refractivity contribution in [2.45, 2.75) is 13.0 Å². The SMILES string of the molecule is O=C(CC[n+]1c[nH]c2ccccc21)NN=Cc1ccncc1. The van der Waals surface area contributed by atoms with Gasteiger partial charge in [0.15, 0.2) is 11.0 Å². The quantitative estimate of drug-likeness (QED) is 0.424. The molecular formula is C16H16N5O+. The predicted octanol–water partition coefficient (Wildman–Crippen LogP) is 1.39. The molecule has 3 rings (SSSR count). The van der Waals surface area contributed by atoms with Crippen molar-refractivity contribution in [1.29, 1.82) is 0 Å². The highest BCUT2D eigenvalue weighted by atomic mass is 16.2. The van der Waals surface area contributed by atoms with Gasteiger partial charge in [0.05, 0.1) is 19.2 Å². The molecular weight excluding hydrogens is 278 g/mol. The minimum absolute atomic E-state index is 0.122. The van der Waals surface area contributed by atoms with Gasteiger partial charge >= 0.3 is 0 Å². The third-order valence-electron chi connectivity index (χ3n) is 3.28. The van der Waals surface area contributed by atoms with E-state index in [4.69, 9.17) is 0 Å². The Bertz CT molecular complexity index is 794. The average molecular weight is 294 g/mol. The molecule has 0 bridgehead atoms. The molecule has 6 nitrogen and oxygen atoms in total. The van der Waals surface area contributed by atoms with Crippen molar-refractivity contribution in [3.8, 4) is 0 Å². The Labute approximate surface area is 127 Å². The Balaban J connectivity index is 1.53. The van der Waals surface area contributed by atoms with Crippen LogP contribution in [-0.2, 0) is 11.3 Å². The summed E-state index contributed by atoms with van der Waals surface area (Å²) in [6.07, 6.45) is 7.18. The molecule has 0 aliphatic carbocycles. The van der Waals surface area contributed by atoms with Crippen molar-refractivity contribution in [3.05, 3.63) is 60.7 Å². The molecule has 0 radical (unpaired) electrons. The molecule has 6 heteroatoms. The second kappa shape index (κ2) is 6.62. The van der Waals surface area contributed by atoms with Crippen molar-refractivity contribution < 1.29 is 9.36 Å². The van der Waals surface area contributed by atoms with Gasteiger partial charge < -0.3 is 0 Å². The summed E-state index contributed by atoms with van der Waals surface area (Å²) in [5.74, 6) is -0.122. The van der Waals surface area contributed by atoms with Crippen LogP contribution >= 0.6 is 0 Å². The summed E-state index contributed by atoms with van der Waals surface area (Å²) in [5, 5.41) is 3.93. The number of hydrogen-bond donors (Lipinski definition) is 2. The highest BCUT2D eigenvalue weighted by molar-refractivity contribution is 5.82. The number of rotatable bonds is 5. The molecule has 0 unspecified atom stereocenters. The minimum atomic E-state index is -0.122. The van der Waals surface area contributed by atoms with Crippen LogP contribution in [0.25, 0.3) is 11.0 Å². The lowest BCUT2D eigenvalue weighted by atomic mass is 10.3. The third-order valence-corrected chi connectivity index (χ3v) is 3.28. The number of aryl methyl sites for hydroxylation is 1. The number of para-hydroxylation sites is 2. The summed E-state index contributed by atoms with van der Waals surface area (Å²) in [6.45, 7) is 0.598. The van der Waals surface area contributed by atoms with E-state index < -0.39 is 0 Å². The zero-order valence-corrected chi connectivity index (χ0v) is 11.9. The lowest BCUT2D eigenvalue weighted by Crippen LogP contribution is -2.34. The van der Waals surface area contributed by atoms with Gasteiger partial charge in [-0.3, -0.25) is 9.78 Å². The normalized spacial score (nSPS) is 11.1. The largest absolute Gasteiger partial charge is 0.273 e. The molecule has 0 spiro atoms. The van der Waals surface area contributed by atoms with E-state index in [-0.39, 0.29) is 5.91 Å². The molecule has 0 aliphatic rings. The number of imidazole rings is 1. The van der Waals surface area contributed by atoms with E-state index in [0.717, 1.165) is 16.6 Å². The second-order valence-electron chi connectivity index (χ2n) is 4.81. The summed E-state index contributed by atoms with van der Waals surface area (Å²) in [4.78, 5) is 18.9. The standard InChI is InChI=1S/C16H15N5O/c22-16(20-19-11-13-5-8-17-9-6-13)7-10-21-12-18-14-3-1-2-4-15(14)21/h1-6,8-9,11-12H,7,10H2,(H,17,20,22)/p+1. The van der Waals surface area contributed by atoms with Crippen LogP contribution in [0.4, 0.5) is 0 Å². The highest BCUT2D eigenvalue weighted by Gasteiger charge is 2.10. The minimum Gasteiger partial charge on any atom is -0.273 e. The van der Waals surface area contributed by atoms with E-state index in [1.807, 2.05) is 47.3 Å². The van der Waals surface area contributed by atoms with E-state index in [1.54, 1.807) is 18.6 Å². The zero-order valence-electron chi connectivity index (χ0n) is 11.9. The predicted molar refractivity (Wildman–Crippen MR) is 83.1 cm³/mol. The Morgan fingerprint density at radius 3 is 2.95 bits per heavy atom. The molecule has 1 aromatic carbocycles. The van der Waals surface area contributed by atoms with Crippen molar-refractivity contribution >= 4 is 23.2 Å². The zero-order chi connectivity index (χ0) is 15.2. The number of pyridine rings is 1. The molecule has 22 heavy (non-hydrogen) atoms. The van der Waals surface area contributed by atoms with E-state index >= 15 is 0 Å². The van der Waals surface area contributed by atoms with E-state index in [0.29, 0.717) is 13.0 Å². The van der Waals surface area contributed by atoms with Gasteiger partial charge in [-0.1, -0.05) is 12.1 Å². The number of hydrazone groups is 1. The van der Waals surface area contributed by atoms with Gasteiger partial charge in [0, 0.05) is 12.4 Å². The van der Waals surface area contributed by atoms with Crippen LogP contribution in [0, 0.1) is 0 Å². The molecule has 0 fully saturated rings. The van der Waals surface area contributed by atoms with Crippen LogP contribution in [0.2, 0.25) is 0 Å². The number of nitrogens with zero attached hydrogens (tertiary/aromatic N) is 3. The molecule has 0 saturated heterocycles. The number of nitrogens with one attached hydrogen (secondary N) is 2. The maximum atomic E-state index is 11.8. The first-order valence-corrected chi connectivity index (χ1v) is 7.00. The van der Waals surface area contributed by atoms with Crippen molar-refractivity contribution in [3.63, 3.8) is 0 Å². The summed E-state index contributed by atoms with van der Waals surface area (Å²) in [6, 6.07) is 11.6. The number of aromatic nitrogens is 3. The number of hydrogen-bond acceptors (Lipinski definition) is 3. The molecule has 2 N–H and O–H groups in total. The fourth-order valence-corrected chi connectivity index (χ4v) is 2.15. The summed E-state index contributed by atoms with van der Waals surface area (Å²) in [7, 11) is 0. The highest BCUT2D eigenvalue weighted by Crippen LogP contribution is 2.05. The first kappa shape index (κ1) is 13.9. The number of amides is 1. The maximum absolute atomic E-state index is 11.8. The first-order chi connectivity index (χ1) is 10.8. The Morgan fingerprint density at radius 1 is 1.27 bits per heavy atom. The molecule has 2 heterocycles. The van der Waals surface area contributed by atoms with Crippen molar-refractivity contribution in [2.24, 2.45) is 5.10 Å². The van der Waals surface area contributed by atoms with E-state index in [9.17, 15) is 4.79 Å². The molecule has 0 aliphatic heterocycles. The number of fused-ring (bicyclic) bond motifs is 1. The number of carbonyl (C=O) groups excluding carboxylic acids is 1. The molecule has 1 amide bonds. The molecule has 3 aromatic rings. The number of aromatic amines is 1. The van der Waals surface area contributed by atoms with Crippen molar-refractivity contribution in [2.75, 3.05) is 0 Å². The Morgan fingerprint density at radius 2 is 2.09 bits per heavy atom. The summed E-state index contributed by atoms with van der Waals surface area (Å²) >= 11 is 0. The van der Waals surface area contributed by atoms with Gasteiger partial charge in [-0.05, 0) is 29.8 Å². The topological polar surface area (TPSA) is 74.0 Å². The first-order valence-electron chi connectivity index (χ1n) is 7.00. The average Bonchev–Trinajstić information content (AvgIpc) is 2.97. The van der Waals surface area contributed by atoms with E-state index in [2.05, 4.69) is 20.5 Å². The van der Waals surface area contributed by atoms with Gasteiger partial charge in [0.25, 0.3) is 0 Å². The maximum Gasteiger partial charge on any atom is 0.244 e.